The van der Waals surface area contributed by atoms with Crippen LogP contribution in [-0.4, -0.2) is 40.2 Å². The molecule has 0 atom stereocenters. The van der Waals surface area contributed by atoms with Gasteiger partial charge in [0.15, 0.2) is 0 Å². The molecule has 0 spiro atoms. The molecule has 2 rings (SSSR count). The van der Waals surface area contributed by atoms with E-state index >= 15 is 0 Å². The minimum atomic E-state index is -0.569. The summed E-state index contributed by atoms with van der Waals surface area (Å²) in [6.07, 6.45) is 4.58. The van der Waals surface area contributed by atoms with E-state index in [4.69, 9.17) is 9.94 Å². The third-order valence-electron chi connectivity index (χ3n) is 4.25. The van der Waals surface area contributed by atoms with Crippen LogP contribution in [0.3, 0.4) is 0 Å². The summed E-state index contributed by atoms with van der Waals surface area (Å²) in [6, 6.07) is 7.16. The van der Waals surface area contributed by atoms with Crippen LogP contribution in [0.5, 0.6) is 0 Å². The highest BCUT2D eigenvalue weighted by Crippen LogP contribution is 2.26. The summed E-state index contributed by atoms with van der Waals surface area (Å²) in [5.74, 6) is -0.551. The Labute approximate surface area is 191 Å². The summed E-state index contributed by atoms with van der Waals surface area (Å²) >= 11 is 1.30. The van der Waals surface area contributed by atoms with Gasteiger partial charge in [0, 0.05) is 24.2 Å². The second-order valence-electron chi connectivity index (χ2n) is 8.19. The van der Waals surface area contributed by atoms with Gasteiger partial charge < -0.3 is 10.1 Å². The number of hydroxylamine groups is 1. The quantitative estimate of drug-likeness (QED) is 0.236. The lowest BCUT2D eigenvalue weighted by Gasteiger charge is -2.19. The van der Waals surface area contributed by atoms with Crippen molar-refractivity contribution in [3.05, 3.63) is 35.3 Å². The Bertz CT molecular complexity index is 906. The maximum atomic E-state index is 12.3. The Balaban J connectivity index is 1.77. The molecule has 0 saturated heterocycles. The Morgan fingerprint density at radius 3 is 2.41 bits per heavy atom. The molecule has 4 N–H and O–H groups in total. The van der Waals surface area contributed by atoms with Crippen LogP contribution in [0.25, 0.3) is 10.6 Å². The number of nitrogens with one attached hydrogen (secondary N) is 3. The number of hydrogen-bond donors (Lipinski definition) is 4. The molecule has 0 unspecified atom stereocenters. The molecule has 1 aromatic carbocycles. The Morgan fingerprint density at radius 2 is 1.75 bits per heavy atom. The summed E-state index contributed by atoms with van der Waals surface area (Å²) in [7, 11) is 0. The number of nitrogens with zero attached hydrogens (tertiary/aromatic N) is 1. The van der Waals surface area contributed by atoms with Crippen molar-refractivity contribution < 1.29 is 24.3 Å². The van der Waals surface area contributed by atoms with E-state index in [0.717, 1.165) is 24.8 Å². The van der Waals surface area contributed by atoms with Gasteiger partial charge in [-0.05, 0) is 57.9 Å². The van der Waals surface area contributed by atoms with Crippen molar-refractivity contribution in [1.82, 2.24) is 15.8 Å². The largest absolute Gasteiger partial charge is 0.444 e. The first-order chi connectivity index (χ1) is 15.2. The minimum Gasteiger partial charge on any atom is -0.444 e. The second-order valence-corrected chi connectivity index (χ2v) is 9.22. The summed E-state index contributed by atoms with van der Waals surface area (Å²) in [6.45, 7) is 5.94. The van der Waals surface area contributed by atoms with Gasteiger partial charge in [-0.1, -0.05) is 12.8 Å². The number of aromatic nitrogens is 1. The van der Waals surface area contributed by atoms with Crippen LogP contribution < -0.4 is 16.1 Å². The zero-order valence-corrected chi connectivity index (χ0v) is 19.4. The highest BCUT2D eigenvalue weighted by Gasteiger charge is 2.16. The number of ether oxygens (including phenoxy) is 1. The number of rotatable bonds is 10. The van der Waals surface area contributed by atoms with Crippen LogP contribution in [0.1, 0.15) is 62.5 Å². The predicted molar refractivity (Wildman–Crippen MR) is 123 cm³/mol. The zero-order chi connectivity index (χ0) is 23.6. The van der Waals surface area contributed by atoms with Crippen LogP contribution in [0.4, 0.5) is 10.5 Å². The Morgan fingerprint density at radius 1 is 1.06 bits per heavy atom. The van der Waals surface area contributed by atoms with Crippen LogP contribution in [0.15, 0.2) is 30.5 Å². The Kier molecular flexibility index (Phi) is 9.61. The van der Waals surface area contributed by atoms with Gasteiger partial charge in [-0.3, -0.25) is 20.1 Å². The molecular formula is C22H30N4O5S. The van der Waals surface area contributed by atoms with Crippen molar-refractivity contribution in [1.29, 1.82) is 0 Å². The predicted octanol–water partition coefficient (Wildman–Crippen LogP) is 4.34. The standard InChI is InChI=1S/C22H30N4O5S/c1-22(2,3)31-21(29)25-16-11-9-15(10-12-16)20-24-14-17(32-20)19(28)23-13-7-5-4-6-8-18(27)26-30/h9-12,14,30H,4-8,13H2,1-3H3,(H,23,28)(H,25,29)(H,26,27). The molecule has 3 amide bonds. The molecule has 0 aliphatic rings. The van der Waals surface area contributed by atoms with Crippen LogP contribution in [-0.2, 0) is 9.53 Å². The van der Waals surface area contributed by atoms with E-state index in [1.165, 1.54) is 11.3 Å². The average Bonchev–Trinajstić information content (AvgIpc) is 3.22. The molecule has 1 aromatic heterocycles. The van der Waals surface area contributed by atoms with Crippen LogP contribution in [0, 0.1) is 0 Å². The molecule has 0 aliphatic carbocycles. The van der Waals surface area contributed by atoms with E-state index in [2.05, 4.69) is 15.6 Å². The topological polar surface area (TPSA) is 130 Å². The number of thiazole rings is 1. The SMILES string of the molecule is CC(C)(C)OC(=O)Nc1ccc(-c2ncc(C(=O)NCCCCCCC(=O)NO)s2)cc1. The average molecular weight is 463 g/mol. The monoisotopic (exact) mass is 462 g/mol. The maximum absolute atomic E-state index is 12.3. The van der Waals surface area contributed by atoms with E-state index in [1.54, 1.807) is 44.6 Å². The molecule has 0 aliphatic heterocycles. The van der Waals surface area contributed by atoms with Crippen LogP contribution in [0.2, 0.25) is 0 Å². The highest BCUT2D eigenvalue weighted by molar-refractivity contribution is 7.16. The molecule has 2 aromatic rings. The molecule has 10 heteroatoms. The van der Waals surface area contributed by atoms with E-state index in [-0.39, 0.29) is 11.8 Å². The van der Waals surface area contributed by atoms with Gasteiger partial charge in [0.05, 0.1) is 6.20 Å². The third-order valence-corrected chi connectivity index (χ3v) is 5.29. The molecule has 9 nitrogen and oxygen atoms in total. The number of unbranched alkanes of at least 4 members (excludes halogenated alkanes) is 3. The normalized spacial score (nSPS) is 11.0. The fourth-order valence-corrected chi connectivity index (χ4v) is 3.58. The van der Waals surface area contributed by atoms with Gasteiger partial charge in [-0.15, -0.1) is 11.3 Å². The van der Waals surface area contributed by atoms with Crippen molar-refractivity contribution in [2.24, 2.45) is 0 Å². The molecule has 174 valence electrons. The van der Waals surface area contributed by atoms with E-state index in [9.17, 15) is 14.4 Å². The number of benzene rings is 1. The molecule has 0 bridgehead atoms. The lowest BCUT2D eigenvalue weighted by Crippen LogP contribution is -2.27. The number of anilines is 1. The fraction of sp³-hybridized carbons (Fsp3) is 0.455. The van der Waals surface area contributed by atoms with Crippen molar-refractivity contribution in [3.8, 4) is 10.6 Å². The molecule has 0 fully saturated rings. The third kappa shape index (κ3) is 9.03. The number of carbonyl (C=O) groups excluding carboxylic acids is 3. The second kappa shape index (κ2) is 12.2. The smallest absolute Gasteiger partial charge is 0.412 e. The first kappa shape index (κ1) is 25.3. The minimum absolute atomic E-state index is 0.170. The summed E-state index contributed by atoms with van der Waals surface area (Å²) < 4.78 is 5.23. The van der Waals surface area contributed by atoms with E-state index in [1.807, 2.05) is 12.1 Å². The van der Waals surface area contributed by atoms with E-state index < -0.39 is 11.7 Å². The van der Waals surface area contributed by atoms with E-state index in [0.29, 0.717) is 35.0 Å². The zero-order valence-electron chi connectivity index (χ0n) is 18.6. The molecule has 32 heavy (non-hydrogen) atoms. The lowest BCUT2D eigenvalue weighted by atomic mass is 10.1. The molecular weight excluding hydrogens is 432 g/mol. The lowest BCUT2D eigenvalue weighted by molar-refractivity contribution is -0.129. The number of amides is 3. The summed E-state index contributed by atoms with van der Waals surface area (Å²) in [5, 5.41) is 14.7. The number of carbonyl (C=O) groups is 3. The maximum Gasteiger partial charge on any atom is 0.412 e. The Hall–Kier alpha value is -2.98. The first-order valence-corrected chi connectivity index (χ1v) is 11.3. The van der Waals surface area contributed by atoms with Gasteiger partial charge in [-0.25, -0.2) is 15.3 Å². The van der Waals surface area contributed by atoms with Crippen molar-refractivity contribution >= 4 is 34.9 Å². The summed E-state index contributed by atoms with van der Waals surface area (Å²) in [4.78, 5) is 39.9. The van der Waals surface area contributed by atoms with Crippen molar-refractivity contribution in [2.75, 3.05) is 11.9 Å². The summed E-state index contributed by atoms with van der Waals surface area (Å²) in [5.41, 5.74) is 2.49. The van der Waals surface area contributed by atoms with Gasteiger partial charge in [0.2, 0.25) is 5.91 Å². The van der Waals surface area contributed by atoms with Crippen molar-refractivity contribution in [3.63, 3.8) is 0 Å². The van der Waals surface area contributed by atoms with Gasteiger partial charge in [0.1, 0.15) is 15.5 Å². The molecule has 1 heterocycles. The van der Waals surface area contributed by atoms with Gasteiger partial charge in [0.25, 0.3) is 5.91 Å². The number of hydrogen-bond acceptors (Lipinski definition) is 7. The van der Waals surface area contributed by atoms with Gasteiger partial charge >= 0.3 is 6.09 Å². The first-order valence-electron chi connectivity index (χ1n) is 10.5. The van der Waals surface area contributed by atoms with Gasteiger partial charge in [-0.2, -0.15) is 0 Å². The molecule has 0 radical (unpaired) electrons. The fourth-order valence-electron chi connectivity index (χ4n) is 2.74. The molecule has 0 saturated carbocycles. The van der Waals surface area contributed by atoms with Crippen molar-refractivity contribution in [2.45, 2.75) is 58.5 Å². The van der Waals surface area contributed by atoms with Crippen LogP contribution >= 0.6 is 11.3 Å². The highest BCUT2D eigenvalue weighted by atomic mass is 32.1.